The van der Waals surface area contributed by atoms with Crippen molar-refractivity contribution in [2.24, 2.45) is 0 Å². The monoisotopic (exact) mass is 271 g/mol. The van der Waals surface area contributed by atoms with Crippen molar-refractivity contribution in [3.05, 3.63) is 81.4 Å². The van der Waals surface area contributed by atoms with Crippen LogP contribution in [0.5, 0.6) is 0 Å². The number of para-hydroxylation sites is 1. The molecule has 3 aromatic rings. The summed E-state index contributed by atoms with van der Waals surface area (Å²) in [6, 6.07) is 13.9. The Bertz CT molecular complexity index is 845. The van der Waals surface area contributed by atoms with Gasteiger partial charge in [0, 0.05) is 0 Å². The van der Waals surface area contributed by atoms with Gasteiger partial charge in [-0.15, -0.1) is 0 Å². The summed E-state index contributed by atoms with van der Waals surface area (Å²) in [6.07, 6.45) is 0. The number of H-pyrrole nitrogens is 1. The number of halogens is 1. The summed E-state index contributed by atoms with van der Waals surface area (Å²) < 4.78 is 15.0. The summed E-state index contributed by atoms with van der Waals surface area (Å²) in [5, 5.41) is 2.46. The van der Waals surface area contributed by atoms with Crippen LogP contribution in [-0.4, -0.2) is 14.3 Å². The Morgan fingerprint density at radius 1 is 0.850 bits per heavy atom. The average molecular weight is 271 g/mol. The van der Waals surface area contributed by atoms with Crippen molar-refractivity contribution in [1.82, 2.24) is 14.3 Å². The highest BCUT2D eigenvalue weighted by molar-refractivity contribution is 5.33. The number of hydrogen-bond donors (Lipinski definition) is 1. The lowest BCUT2D eigenvalue weighted by atomic mass is 10.3. The van der Waals surface area contributed by atoms with Gasteiger partial charge >= 0.3 is 11.4 Å². The quantitative estimate of drug-likeness (QED) is 0.767. The first-order valence-electron chi connectivity index (χ1n) is 5.92. The topological polar surface area (TPSA) is 59.8 Å². The Hall–Kier alpha value is -2.89. The van der Waals surface area contributed by atoms with E-state index >= 15 is 0 Å². The molecule has 20 heavy (non-hydrogen) atoms. The minimum Gasteiger partial charge on any atom is -0.246 e. The van der Waals surface area contributed by atoms with Gasteiger partial charge in [0.05, 0.1) is 11.4 Å². The maximum absolute atomic E-state index is 12.9. The van der Waals surface area contributed by atoms with E-state index in [1.165, 1.54) is 24.3 Å². The highest BCUT2D eigenvalue weighted by Gasteiger charge is 2.11. The van der Waals surface area contributed by atoms with E-state index in [1.807, 2.05) is 6.07 Å². The fourth-order valence-corrected chi connectivity index (χ4v) is 1.95. The van der Waals surface area contributed by atoms with Gasteiger partial charge in [0.15, 0.2) is 0 Å². The predicted octanol–water partition coefficient (Wildman–Crippen LogP) is 1.46. The normalized spacial score (nSPS) is 10.7. The van der Waals surface area contributed by atoms with Crippen molar-refractivity contribution in [3.8, 4) is 11.4 Å². The van der Waals surface area contributed by atoms with E-state index in [2.05, 4.69) is 5.10 Å². The van der Waals surface area contributed by atoms with Crippen molar-refractivity contribution < 1.29 is 4.39 Å². The van der Waals surface area contributed by atoms with Gasteiger partial charge in [0.2, 0.25) is 0 Å². The fourth-order valence-electron chi connectivity index (χ4n) is 1.95. The van der Waals surface area contributed by atoms with E-state index in [0.717, 1.165) is 9.25 Å². The molecule has 1 aromatic heterocycles. The van der Waals surface area contributed by atoms with Crippen molar-refractivity contribution >= 4 is 0 Å². The van der Waals surface area contributed by atoms with Crippen molar-refractivity contribution in [2.45, 2.75) is 0 Å². The Morgan fingerprint density at radius 2 is 1.50 bits per heavy atom. The fraction of sp³-hybridized carbons (Fsp3) is 0. The molecule has 0 unspecified atom stereocenters. The SMILES string of the molecule is O=c1[nH]n(-c2ccccc2)c(=O)n1-c1ccc(F)cc1. The standard InChI is InChI=1S/C14H10FN3O2/c15-10-6-8-11(9-7-10)17-13(19)16-18(14(17)20)12-4-2-1-3-5-12/h1-9H,(H,16,19). The lowest BCUT2D eigenvalue weighted by molar-refractivity contribution is 0.627. The minimum absolute atomic E-state index is 0.312. The number of aromatic amines is 1. The van der Waals surface area contributed by atoms with Gasteiger partial charge in [0.1, 0.15) is 5.82 Å². The van der Waals surface area contributed by atoms with Gasteiger partial charge in [-0.25, -0.2) is 28.3 Å². The molecular weight excluding hydrogens is 261 g/mol. The van der Waals surface area contributed by atoms with Crippen LogP contribution >= 0.6 is 0 Å². The molecule has 5 nitrogen and oxygen atoms in total. The molecule has 100 valence electrons. The van der Waals surface area contributed by atoms with E-state index < -0.39 is 17.2 Å². The predicted molar refractivity (Wildman–Crippen MR) is 71.9 cm³/mol. The van der Waals surface area contributed by atoms with Gasteiger partial charge in [-0.2, -0.15) is 0 Å². The molecule has 3 rings (SSSR count). The van der Waals surface area contributed by atoms with Gasteiger partial charge in [-0.1, -0.05) is 18.2 Å². The third-order valence-electron chi connectivity index (χ3n) is 2.89. The van der Waals surface area contributed by atoms with Crippen LogP contribution in [0.15, 0.2) is 64.2 Å². The molecular formula is C14H10FN3O2. The van der Waals surface area contributed by atoms with Crippen LogP contribution in [0.25, 0.3) is 11.4 Å². The molecule has 1 heterocycles. The largest absolute Gasteiger partial charge is 0.356 e. The van der Waals surface area contributed by atoms with E-state index in [0.29, 0.717) is 11.4 Å². The zero-order chi connectivity index (χ0) is 14.1. The molecule has 6 heteroatoms. The van der Waals surface area contributed by atoms with E-state index in [4.69, 9.17) is 0 Å². The Kier molecular flexibility index (Phi) is 2.83. The maximum atomic E-state index is 12.9. The van der Waals surface area contributed by atoms with E-state index in [9.17, 15) is 14.0 Å². The van der Waals surface area contributed by atoms with Crippen LogP contribution < -0.4 is 11.4 Å². The summed E-state index contributed by atoms with van der Waals surface area (Å²) in [4.78, 5) is 24.2. The molecule has 0 amide bonds. The summed E-state index contributed by atoms with van der Waals surface area (Å²) in [7, 11) is 0. The number of benzene rings is 2. The lowest BCUT2D eigenvalue weighted by Gasteiger charge is -2.00. The van der Waals surface area contributed by atoms with Gasteiger partial charge < -0.3 is 0 Å². The van der Waals surface area contributed by atoms with Gasteiger partial charge in [-0.05, 0) is 36.4 Å². The minimum atomic E-state index is -0.578. The number of hydrogen-bond acceptors (Lipinski definition) is 2. The summed E-state index contributed by atoms with van der Waals surface area (Å²) in [5.41, 5.74) is -0.249. The van der Waals surface area contributed by atoms with Crippen molar-refractivity contribution in [1.29, 1.82) is 0 Å². The third-order valence-corrected chi connectivity index (χ3v) is 2.89. The molecule has 0 saturated carbocycles. The van der Waals surface area contributed by atoms with Crippen molar-refractivity contribution in [2.75, 3.05) is 0 Å². The van der Waals surface area contributed by atoms with E-state index in [1.54, 1.807) is 24.3 Å². The average Bonchev–Trinajstić information content (AvgIpc) is 2.76. The van der Waals surface area contributed by atoms with Crippen molar-refractivity contribution in [3.63, 3.8) is 0 Å². The second-order valence-corrected chi connectivity index (χ2v) is 4.18. The molecule has 0 aliphatic carbocycles. The first-order chi connectivity index (χ1) is 9.66. The van der Waals surface area contributed by atoms with Crippen LogP contribution in [0, 0.1) is 5.82 Å². The summed E-state index contributed by atoms with van der Waals surface area (Å²) >= 11 is 0. The molecule has 2 aromatic carbocycles. The first-order valence-corrected chi connectivity index (χ1v) is 5.92. The second kappa shape index (κ2) is 4.65. The maximum Gasteiger partial charge on any atom is 0.356 e. The number of rotatable bonds is 2. The Morgan fingerprint density at radius 3 is 2.15 bits per heavy atom. The Balaban J connectivity index is 2.20. The van der Waals surface area contributed by atoms with Gasteiger partial charge in [0.25, 0.3) is 0 Å². The van der Waals surface area contributed by atoms with Crippen LogP contribution in [0.3, 0.4) is 0 Å². The molecule has 0 spiro atoms. The third kappa shape index (κ3) is 1.97. The Labute approximate surface area is 112 Å². The molecule has 0 radical (unpaired) electrons. The second-order valence-electron chi connectivity index (χ2n) is 4.18. The molecule has 0 fully saturated rings. The molecule has 0 bridgehead atoms. The number of aromatic nitrogens is 3. The van der Waals surface area contributed by atoms with Crippen LogP contribution in [0.4, 0.5) is 4.39 Å². The highest BCUT2D eigenvalue weighted by Crippen LogP contribution is 2.06. The van der Waals surface area contributed by atoms with E-state index in [-0.39, 0.29) is 0 Å². The molecule has 0 aliphatic rings. The zero-order valence-electron chi connectivity index (χ0n) is 10.3. The molecule has 0 saturated heterocycles. The number of nitrogens with one attached hydrogen (secondary N) is 1. The molecule has 0 aliphatic heterocycles. The zero-order valence-corrected chi connectivity index (χ0v) is 10.3. The highest BCUT2D eigenvalue weighted by atomic mass is 19.1. The smallest absolute Gasteiger partial charge is 0.246 e. The van der Waals surface area contributed by atoms with Crippen LogP contribution in [0.1, 0.15) is 0 Å². The summed E-state index contributed by atoms with van der Waals surface area (Å²) in [6.45, 7) is 0. The van der Waals surface area contributed by atoms with Crippen LogP contribution in [0.2, 0.25) is 0 Å². The van der Waals surface area contributed by atoms with Gasteiger partial charge in [-0.3, -0.25) is 0 Å². The van der Waals surface area contributed by atoms with Crippen LogP contribution in [-0.2, 0) is 0 Å². The number of nitrogens with zero attached hydrogens (tertiary/aromatic N) is 2. The lowest BCUT2D eigenvalue weighted by Crippen LogP contribution is -2.26. The first kappa shape index (κ1) is 12.2. The molecule has 0 atom stereocenters. The summed E-state index contributed by atoms with van der Waals surface area (Å²) in [5.74, 6) is -0.430. The molecule has 1 N–H and O–H groups in total.